The van der Waals surface area contributed by atoms with Crippen LogP contribution < -0.4 is 15.5 Å². The van der Waals surface area contributed by atoms with Crippen LogP contribution in [0.5, 0.6) is 0 Å². The first kappa shape index (κ1) is 17.9. The third kappa shape index (κ3) is 4.21. The van der Waals surface area contributed by atoms with Crippen molar-refractivity contribution in [1.82, 2.24) is 0 Å². The quantitative estimate of drug-likeness (QED) is 0.866. The number of nitrogens with one attached hydrogen (secondary N) is 2. The van der Waals surface area contributed by atoms with Gasteiger partial charge in [0.1, 0.15) is 6.10 Å². The van der Waals surface area contributed by atoms with Crippen molar-refractivity contribution in [2.75, 3.05) is 36.2 Å². The third-order valence-electron chi connectivity index (χ3n) is 4.25. The highest BCUT2D eigenvalue weighted by Crippen LogP contribution is 2.24. The average molecular weight is 353 g/mol. The van der Waals surface area contributed by atoms with Gasteiger partial charge in [-0.25, -0.2) is 0 Å². The van der Waals surface area contributed by atoms with Gasteiger partial charge in [-0.3, -0.25) is 9.59 Å². The predicted octanol–water partition coefficient (Wildman–Crippen LogP) is 3.12. The van der Waals surface area contributed by atoms with Crippen molar-refractivity contribution in [1.29, 1.82) is 0 Å². The van der Waals surface area contributed by atoms with Crippen LogP contribution in [0.4, 0.5) is 17.1 Å². The summed E-state index contributed by atoms with van der Waals surface area (Å²) < 4.78 is 5.38. The number of amides is 2. The fourth-order valence-corrected chi connectivity index (χ4v) is 2.91. The fourth-order valence-electron chi connectivity index (χ4n) is 2.91. The van der Waals surface area contributed by atoms with Crippen LogP contribution in [0.1, 0.15) is 23.2 Å². The van der Waals surface area contributed by atoms with Gasteiger partial charge in [-0.2, -0.15) is 0 Å². The van der Waals surface area contributed by atoms with E-state index in [4.69, 9.17) is 4.74 Å². The molecular weight excluding hydrogens is 330 g/mol. The van der Waals surface area contributed by atoms with E-state index in [1.807, 2.05) is 43.3 Å². The van der Waals surface area contributed by atoms with Crippen molar-refractivity contribution < 1.29 is 14.3 Å². The van der Waals surface area contributed by atoms with E-state index in [0.717, 1.165) is 24.2 Å². The SMILES string of the molecule is CN(C)c1ccccc1NC(=O)c1cccc(NC(=O)C2CCCO2)c1. The number of para-hydroxylation sites is 2. The monoisotopic (exact) mass is 353 g/mol. The first-order chi connectivity index (χ1) is 12.5. The molecule has 26 heavy (non-hydrogen) atoms. The van der Waals surface area contributed by atoms with Crippen molar-refractivity contribution in [2.24, 2.45) is 0 Å². The highest BCUT2D eigenvalue weighted by Gasteiger charge is 2.23. The summed E-state index contributed by atoms with van der Waals surface area (Å²) in [5, 5.41) is 5.75. The number of nitrogens with zero attached hydrogens (tertiary/aromatic N) is 1. The lowest BCUT2D eigenvalue weighted by molar-refractivity contribution is -0.124. The third-order valence-corrected chi connectivity index (χ3v) is 4.25. The molecule has 0 aliphatic carbocycles. The number of ether oxygens (including phenoxy) is 1. The van der Waals surface area contributed by atoms with Crippen LogP contribution in [-0.2, 0) is 9.53 Å². The van der Waals surface area contributed by atoms with Crippen molar-refractivity contribution >= 4 is 28.9 Å². The number of hydrogen-bond acceptors (Lipinski definition) is 4. The van der Waals surface area contributed by atoms with E-state index in [1.54, 1.807) is 24.3 Å². The Bertz CT molecular complexity index is 798. The number of benzene rings is 2. The van der Waals surface area contributed by atoms with Gasteiger partial charge in [-0.15, -0.1) is 0 Å². The minimum atomic E-state index is -0.403. The lowest BCUT2D eigenvalue weighted by Crippen LogP contribution is -2.27. The lowest BCUT2D eigenvalue weighted by Gasteiger charge is -2.18. The number of hydrogen-bond donors (Lipinski definition) is 2. The standard InChI is InChI=1S/C20H23N3O3/c1-23(2)17-10-4-3-9-16(17)22-19(24)14-7-5-8-15(13-14)21-20(25)18-11-6-12-26-18/h3-5,7-10,13,18H,6,11-12H2,1-2H3,(H,21,25)(H,22,24). The second kappa shape index (κ2) is 8.01. The average Bonchev–Trinajstić information content (AvgIpc) is 3.17. The van der Waals surface area contributed by atoms with E-state index in [-0.39, 0.29) is 11.8 Å². The first-order valence-corrected chi connectivity index (χ1v) is 8.65. The Morgan fingerprint density at radius 3 is 2.62 bits per heavy atom. The van der Waals surface area contributed by atoms with Crippen LogP contribution >= 0.6 is 0 Å². The number of carbonyl (C=O) groups is 2. The molecule has 1 heterocycles. The maximum absolute atomic E-state index is 12.6. The highest BCUT2D eigenvalue weighted by molar-refractivity contribution is 6.07. The minimum absolute atomic E-state index is 0.169. The second-order valence-electron chi connectivity index (χ2n) is 6.44. The topological polar surface area (TPSA) is 70.7 Å². The number of anilines is 3. The zero-order valence-electron chi connectivity index (χ0n) is 15.0. The molecule has 1 aliphatic rings. The van der Waals surface area contributed by atoms with E-state index < -0.39 is 6.10 Å². The zero-order chi connectivity index (χ0) is 18.5. The molecule has 2 N–H and O–H groups in total. The van der Waals surface area contributed by atoms with E-state index in [0.29, 0.717) is 17.9 Å². The molecule has 1 fully saturated rings. The number of rotatable bonds is 5. The molecule has 1 saturated heterocycles. The predicted molar refractivity (Wildman–Crippen MR) is 103 cm³/mol. The second-order valence-corrected chi connectivity index (χ2v) is 6.44. The van der Waals surface area contributed by atoms with E-state index >= 15 is 0 Å². The summed E-state index contributed by atoms with van der Waals surface area (Å²) in [6, 6.07) is 14.5. The Kier molecular flexibility index (Phi) is 5.53. The molecule has 0 bridgehead atoms. The molecule has 3 rings (SSSR count). The molecule has 0 saturated carbocycles. The lowest BCUT2D eigenvalue weighted by atomic mass is 10.1. The maximum atomic E-state index is 12.6. The van der Waals surface area contributed by atoms with Crippen molar-refractivity contribution in [3.8, 4) is 0 Å². The van der Waals surface area contributed by atoms with Crippen LogP contribution in [-0.4, -0.2) is 38.6 Å². The van der Waals surface area contributed by atoms with E-state index in [1.165, 1.54) is 0 Å². The molecule has 2 aromatic carbocycles. The van der Waals surface area contributed by atoms with Crippen molar-refractivity contribution in [3.05, 3.63) is 54.1 Å². The Morgan fingerprint density at radius 2 is 1.88 bits per heavy atom. The fraction of sp³-hybridized carbons (Fsp3) is 0.300. The van der Waals surface area contributed by atoms with Gasteiger partial charge in [0.05, 0.1) is 11.4 Å². The summed E-state index contributed by atoms with van der Waals surface area (Å²) in [4.78, 5) is 26.7. The van der Waals surface area contributed by atoms with Gasteiger partial charge in [0.25, 0.3) is 11.8 Å². The summed E-state index contributed by atoms with van der Waals surface area (Å²) >= 11 is 0. The van der Waals surface area contributed by atoms with Gasteiger partial charge in [-0.1, -0.05) is 18.2 Å². The van der Waals surface area contributed by atoms with Crippen molar-refractivity contribution in [3.63, 3.8) is 0 Å². The Morgan fingerprint density at radius 1 is 1.08 bits per heavy atom. The summed E-state index contributed by atoms with van der Waals surface area (Å²) in [7, 11) is 3.85. The van der Waals surface area contributed by atoms with Gasteiger partial charge in [0, 0.05) is 32.0 Å². The van der Waals surface area contributed by atoms with E-state index in [2.05, 4.69) is 10.6 Å². The summed E-state index contributed by atoms with van der Waals surface area (Å²) in [5.74, 6) is -0.398. The molecule has 1 unspecified atom stereocenters. The van der Waals surface area contributed by atoms with Crippen molar-refractivity contribution in [2.45, 2.75) is 18.9 Å². The molecule has 2 amide bonds. The molecule has 1 aliphatic heterocycles. The Labute approximate surface area is 153 Å². The summed E-state index contributed by atoms with van der Waals surface area (Å²) in [5.41, 5.74) is 2.71. The molecule has 6 nitrogen and oxygen atoms in total. The molecule has 0 spiro atoms. The van der Waals surface area contributed by atoms with Crippen LogP contribution in [0, 0.1) is 0 Å². The maximum Gasteiger partial charge on any atom is 0.255 e. The van der Waals surface area contributed by atoms with Gasteiger partial charge in [-0.05, 0) is 43.2 Å². The van der Waals surface area contributed by atoms with Gasteiger partial charge >= 0.3 is 0 Å². The van der Waals surface area contributed by atoms with Gasteiger partial charge in [0.2, 0.25) is 0 Å². The van der Waals surface area contributed by atoms with Crippen LogP contribution in [0.15, 0.2) is 48.5 Å². The molecule has 0 radical (unpaired) electrons. The molecule has 1 atom stereocenters. The Balaban J connectivity index is 1.71. The summed E-state index contributed by atoms with van der Waals surface area (Å²) in [6.07, 6.45) is 1.22. The number of carbonyl (C=O) groups excluding carboxylic acids is 2. The molecular formula is C20H23N3O3. The van der Waals surface area contributed by atoms with Crippen LogP contribution in [0.3, 0.4) is 0 Å². The van der Waals surface area contributed by atoms with Gasteiger partial charge < -0.3 is 20.3 Å². The zero-order valence-corrected chi connectivity index (χ0v) is 15.0. The molecule has 136 valence electrons. The first-order valence-electron chi connectivity index (χ1n) is 8.65. The van der Waals surface area contributed by atoms with Gasteiger partial charge in [0.15, 0.2) is 0 Å². The molecule has 0 aromatic heterocycles. The normalized spacial score (nSPS) is 16.2. The Hall–Kier alpha value is -2.86. The smallest absolute Gasteiger partial charge is 0.255 e. The summed E-state index contributed by atoms with van der Waals surface area (Å²) in [6.45, 7) is 0.617. The molecule has 6 heteroatoms. The highest BCUT2D eigenvalue weighted by atomic mass is 16.5. The minimum Gasteiger partial charge on any atom is -0.376 e. The van der Waals surface area contributed by atoms with Crippen LogP contribution in [0.2, 0.25) is 0 Å². The molecule has 2 aromatic rings. The van der Waals surface area contributed by atoms with E-state index in [9.17, 15) is 9.59 Å². The van der Waals surface area contributed by atoms with Crippen LogP contribution in [0.25, 0.3) is 0 Å². The largest absolute Gasteiger partial charge is 0.376 e.